The maximum absolute atomic E-state index is 6.41. The van der Waals surface area contributed by atoms with Crippen molar-refractivity contribution in [2.75, 3.05) is 0 Å². The summed E-state index contributed by atoms with van der Waals surface area (Å²) in [4.78, 5) is 0. The lowest BCUT2D eigenvalue weighted by molar-refractivity contribution is 0.670. The van der Waals surface area contributed by atoms with Gasteiger partial charge in [0.05, 0.1) is 22.1 Å². The fourth-order valence-corrected chi connectivity index (χ4v) is 8.18. The molecule has 0 bridgehead atoms. The predicted octanol–water partition coefficient (Wildman–Crippen LogP) is 12.6. The van der Waals surface area contributed by atoms with Gasteiger partial charge in [0, 0.05) is 54.6 Å². The van der Waals surface area contributed by atoms with Gasteiger partial charge in [0.2, 0.25) is 0 Å². The van der Waals surface area contributed by atoms with Crippen LogP contribution in [0.25, 0.3) is 98.8 Å². The number of fused-ring (bicyclic) bond motifs is 12. The molecule has 0 saturated carbocycles. The van der Waals surface area contributed by atoms with Crippen LogP contribution in [-0.4, -0.2) is 9.13 Å². The number of furan rings is 1. The lowest BCUT2D eigenvalue weighted by Crippen LogP contribution is -1.99. The van der Waals surface area contributed by atoms with Gasteiger partial charge in [0.25, 0.3) is 0 Å². The quantitative estimate of drug-likeness (QED) is 0.192. The average Bonchev–Trinajstić information content (AvgIpc) is 3.83. The van der Waals surface area contributed by atoms with Crippen LogP contribution in [0.3, 0.4) is 0 Å². The number of hydrogen-bond donors (Lipinski definition) is 0. The lowest BCUT2D eigenvalue weighted by Gasteiger charge is -2.13. The smallest absolute Gasteiger partial charge is 0.143 e. The Hall–Kier alpha value is -6.58. The minimum atomic E-state index is 0.914. The maximum atomic E-state index is 6.41. The van der Waals surface area contributed by atoms with E-state index in [0.29, 0.717) is 0 Å². The van der Waals surface area contributed by atoms with Crippen molar-refractivity contribution in [1.82, 2.24) is 9.13 Å². The molecule has 0 fully saturated rings. The minimum Gasteiger partial charge on any atom is -0.455 e. The van der Waals surface area contributed by atoms with E-state index in [1.807, 2.05) is 12.1 Å². The Kier molecular flexibility index (Phi) is 5.38. The molecule has 0 radical (unpaired) electrons. The summed E-state index contributed by atoms with van der Waals surface area (Å²) < 4.78 is 11.4. The average molecular weight is 625 g/mol. The molecule has 11 aromatic rings. The van der Waals surface area contributed by atoms with E-state index in [4.69, 9.17) is 4.42 Å². The standard InChI is InChI=1S/C46H28N2O/c1-2-12-31(13-3-1)48-43-33-14-5-4-11-29(33)23-26-38(43)39-28-27-37-35-15-6-8-19-41(35)47(44(37)45(39)48)32-24-21-30(22-25-32)34-17-10-18-40-36-16-7-9-20-42(36)49-46(34)40/h1-28H. The van der Waals surface area contributed by atoms with Crippen molar-refractivity contribution in [3.8, 4) is 22.5 Å². The summed E-state index contributed by atoms with van der Waals surface area (Å²) in [7, 11) is 0. The van der Waals surface area contributed by atoms with Gasteiger partial charge in [-0.2, -0.15) is 0 Å². The Balaban J connectivity index is 1.23. The summed E-state index contributed by atoms with van der Waals surface area (Å²) in [5, 5.41) is 9.76. The van der Waals surface area contributed by atoms with Crippen LogP contribution in [0.1, 0.15) is 0 Å². The second-order valence-electron chi connectivity index (χ2n) is 12.9. The molecule has 0 saturated heterocycles. The van der Waals surface area contributed by atoms with Crippen LogP contribution < -0.4 is 0 Å². The SMILES string of the molecule is c1ccc(-n2c3c4ccccc4ccc3c3ccc4c5ccccc5n(-c5ccc(-c6cccc7c6oc6ccccc67)cc5)c4c32)cc1. The Bertz CT molecular complexity index is 3090. The van der Waals surface area contributed by atoms with Crippen LogP contribution in [0.2, 0.25) is 0 Å². The van der Waals surface area contributed by atoms with Crippen molar-refractivity contribution in [1.29, 1.82) is 0 Å². The van der Waals surface area contributed by atoms with Gasteiger partial charge in [0.15, 0.2) is 0 Å². The number of aromatic nitrogens is 2. The molecule has 228 valence electrons. The third kappa shape index (κ3) is 3.67. The van der Waals surface area contributed by atoms with Crippen molar-refractivity contribution in [2.24, 2.45) is 0 Å². The molecule has 3 heterocycles. The van der Waals surface area contributed by atoms with Gasteiger partial charge < -0.3 is 13.6 Å². The van der Waals surface area contributed by atoms with E-state index in [-0.39, 0.29) is 0 Å². The van der Waals surface area contributed by atoms with Crippen LogP contribution >= 0.6 is 0 Å². The van der Waals surface area contributed by atoms with Gasteiger partial charge in [-0.05, 0) is 47.3 Å². The topological polar surface area (TPSA) is 23.0 Å². The number of benzene rings is 8. The molecule has 0 atom stereocenters. The van der Waals surface area contributed by atoms with Crippen LogP contribution in [0.15, 0.2) is 174 Å². The van der Waals surface area contributed by atoms with Crippen LogP contribution in [0.4, 0.5) is 0 Å². The highest BCUT2D eigenvalue weighted by atomic mass is 16.3. The van der Waals surface area contributed by atoms with Crippen LogP contribution in [0, 0.1) is 0 Å². The molecule has 0 aliphatic rings. The highest BCUT2D eigenvalue weighted by molar-refractivity contribution is 6.27. The zero-order valence-electron chi connectivity index (χ0n) is 26.5. The minimum absolute atomic E-state index is 0.914. The third-order valence-electron chi connectivity index (χ3n) is 10.3. The first-order valence-electron chi connectivity index (χ1n) is 16.8. The zero-order chi connectivity index (χ0) is 32.1. The Labute approximate surface area is 281 Å². The van der Waals surface area contributed by atoms with E-state index in [2.05, 4.69) is 167 Å². The highest BCUT2D eigenvalue weighted by Crippen LogP contribution is 2.44. The summed E-state index contributed by atoms with van der Waals surface area (Å²) >= 11 is 0. The monoisotopic (exact) mass is 624 g/mol. The number of rotatable bonds is 3. The number of nitrogens with zero attached hydrogens (tertiary/aromatic N) is 2. The van der Waals surface area contributed by atoms with Gasteiger partial charge in [-0.15, -0.1) is 0 Å². The van der Waals surface area contributed by atoms with E-state index in [1.54, 1.807) is 0 Å². The first-order chi connectivity index (χ1) is 24.3. The molecule has 0 spiro atoms. The molecule has 0 aliphatic heterocycles. The second-order valence-corrected chi connectivity index (χ2v) is 12.9. The molecule has 0 amide bonds. The molecule has 3 aromatic heterocycles. The predicted molar refractivity (Wildman–Crippen MR) is 205 cm³/mol. The molecule has 0 aliphatic carbocycles. The molecule has 0 unspecified atom stereocenters. The molecule has 3 nitrogen and oxygen atoms in total. The van der Waals surface area contributed by atoms with Crippen molar-refractivity contribution >= 4 is 76.3 Å². The zero-order valence-corrected chi connectivity index (χ0v) is 26.5. The van der Waals surface area contributed by atoms with Crippen LogP contribution in [0.5, 0.6) is 0 Å². The van der Waals surface area contributed by atoms with Gasteiger partial charge >= 0.3 is 0 Å². The Morgan fingerprint density at radius 2 is 0.959 bits per heavy atom. The van der Waals surface area contributed by atoms with E-state index in [0.717, 1.165) is 44.4 Å². The molecular weight excluding hydrogens is 597 g/mol. The molecule has 8 aromatic carbocycles. The molecule has 49 heavy (non-hydrogen) atoms. The number of hydrogen-bond acceptors (Lipinski definition) is 1. The summed E-state index contributed by atoms with van der Waals surface area (Å²) in [6.45, 7) is 0. The third-order valence-corrected chi connectivity index (χ3v) is 10.3. The Morgan fingerprint density at radius 1 is 0.347 bits per heavy atom. The largest absolute Gasteiger partial charge is 0.455 e. The highest BCUT2D eigenvalue weighted by Gasteiger charge is 2.22. The molecule has 3 heteroatoms. The summed E-state index contributed by atoms with van der Waals surface area (Å²) in [5.74, 6) is 0. The van der Waals surface area contributed by atoms with Crippen molar-refractivity contribution in [3.05, 3.63) is 170 Å². The van der Waals surface area contributed by atoms with Crippen molar-refractivity contribution < 1.29 is 4.42 Å². The van der Waals surface area contributed by atoms with Gasteiger partial charge in [-0.3, -0.25) is 0 Å². The second kappa shape index (κ2) is 9.96. The number of para-hydroxylation sites is 4. The summed E-state index contributed by atoms with van der Waals surface area (Å²) in [6, 6.07) is 61.2. The van der Waals surface area contributed by atoms with E-state index >= 15 is 0 Å². The van der Waals surface area contributed by atoms with E-state index < -0.39 is 0 Å². The molecule has 11 rings (SSSR count). The first kappa shape index (κ1) is 26.5. The maximum Gasteiger partial charge on any atom is 0.143 e. The first-order valence-corrected chi connectivity index (χ1v) is 16.8. The van der Waals surface area contributed by atoms with E-state index in [1.165, 1.54) is 54.4 Å². The Morgan fingerprint density at radius 3 is 1.82 bits per heavy atom. The lowest BCUT2D eigenvalue weighted by atomic mass is 10.0. The van der Waals surface area contributed by atoms with Crippen molar-refractivity contribution in [2.45, 2.75) is 0 Å². The summed E-state index contributed by atoms with van der Waals surface area (Å²) in [6.07, 6.45) is 0. The molecule has 0 N–H and O–H groups in total. The van der Waals surface area contributed by atoms with Gasteiger partial charge in [0.1, 0.15) is 11.2 Å². The fourth-order valence-electron chi connectivity index (χ4n) is 8.18. The molecular formula is C46H28N2O. The van der Waals surface area contributed by atoms with Crippen LogP contribution in [-0.2, 0) is 0 Å². The normalized spacial score (nSPS) is 12.1. The summed E-state index contributed by atoms with van der Waals surface area (Å²) in [5.41, 5.74) is 11.2. The van der Waals surface area contributed by atoms with E-state index in [9.17, 15) is 0 Å². The van der Waals surface area contributed by atoms with Gasteiger partial charge in [-0.1, -0.05) is 133 Å². The van der Waals surface area contributed by atoms with Gasteiger partial charge in [-0.25, -0.2) is 0 Å². The fraction of sp³-hybridized carbons (Fsp3) is 0. The van der Waals surface area contributed by atoms with Crippen molar-refractivity contribution in [3.63, 3.8) is 0 Å².